The van der Waals surface area contributed by atoms with Crippen molar-refractivity contribution < 1.29 is 14.3 Å². The van der Waals surface area contributed by atoms with Crippen molar-refractivity contribution in [2.45, 2.75) is 52.7 Å². The van der Waals surface area contributed by atoms with Crippen LogP contribution >= 0.6 is 0 Å². The van der Waals surface area contributed by atoms with Gasteiger partial charge in [-0.3, -0.25) is 0 Å². The predicted molar refractivity (Wildman–Crippen MR) is 95.1 cm³/mol. The zero-order valence-corrected chi connectivity index (χ0v) is 15.3. The first-order valence-electron chi connectivity index (χ1n) is 8.69. The first kappa shape index (κ1) is 18.6. The molecule has 5 heteroatoms. The predicted octanol–water partition coefficient (Wildman–Crippen LogP) is 3.48. The van der Waals surface area contributed by atoms with Crippen LogP contribution in [0.25, 0.3) is 0 Å². The van der Waals surface area contributed by atoms with E-state index in [2.05, 4.69) is 0 Å². The lowest BCUT2D eigenvalue weighted by atomic mass is 9.99. The third-order valence-corrected chi connectivity index (χ3v) is 4.20. The number of piperidine rings is 1. The average Bonchev–Trinajstić information content (AvgIpc) is 2.53. The van der Waals surface area contributed by atoms with E-state index >= 15 is 0 Å². The number of rotatable bonds is 4. The SMILES string of the molecule is Cc1ccc(OCC2CCCN(C(=O)OC(C)(C)C)C2)cc1CN. The number of hydrogen-bond acceptors (Lipinski definition) is 4. The number of aryl methyl sites for hydroxylation is 1. The van der Waals surface area contributed by atoms with Gasteiger partial charge in [-0.2, -0.15) is 0 Å². The van der Waals surface area contributed by atoms with Crippen LogP contribution in [-0.2, 0) is 11.3 Å². The van der Waals surface area contributed by atoms with Gasteiger partial charge in [-0.15, -0.1) is 0 Å². The monoisotopic (exact) mass is 334 g/mol. The molecule has 1 unspecified atom stereocenters. The molecule has 1 aliphatic heterocycles. The molecule has 134 valence electrons. The van der Waals surface area contributed by atoms with Crippen LogP contribution in [0.15, 0.2) is 18.2 Å². The third-order valence-electron chi connectivity index (χ3n) is 4.20. The smallest absolute Gasteiger partial charge is 0.410 e. The van der Waals surface area contributed by atoms with Gasteiger partial charge in [0.1, 0.15) is 11.4 Å². The number of ether oxygens (including phenoxy) is 2. The van der Waals surface area contributed by atoms with Gasteiger partial charge in [-0.1, -0.05) is 6.07 Å². The fraction of sp³-hybridized carbons (Fsp3) is 0.632. The van der Waals surface area contributed by atoms with Crippen LogP contribution < -0.4 is 10.5 Å². The summed E-state index contributed by atoms with van der Waals surface area (Å²) >= 11 is 0. The fourth-order valence-electron chi connectivity index (χ4n) is 2.87. The summed E-state index contributed by atoms with van der Waals surface area (Å²) in [5.74, 6) is 1.17. The highest BCUT2D eigenvalue weighted by molar-refractivity contribution is 5.68. The van der Waals surface area contributed by atoms with Crippen LogP contribution in [-0.4, -0.2) is 36.3 Å². The molecule has 0 aromatic heterocycles. The van der Waals surface area contributed by atoms with Crippen molar-refractivity contribution in [2.75, 3.05) is 19.7 Å². The molecule has 1 fully saturated rings. The van der Waals surface area contributed by atoms with E-state index in [1.54, 1.807) is 4.90 Å². The highest BCUT2D eigenvalue weighted by Gasteiger charge is 2.27. The van der Waals surface area contributed by atoms with Crippen LogP contribution in [0.5, 0.6) is 5.75 Å². The maximum Gasteiger partial charge on any atom is 0.410 e. The Morgan fingerprint density at radius 3 is 2.79 bits per heavy atom. The normalized spacial score (nSPS) is 18.4. The molecule has 1 amide bonds. The molecule has 0 radical (unpaired) electrons. The number of nitrogens with two attached hydrogens (primary N) is 1. The lowest BCUT2D eigenvalue weighted by molar-refractivity contribution is 0.0139. The van der Waals surface area contributed by atoms with E-state index in [4.69, 9.17) is 15.2 Å². The molecule has 1 aliphatic rings. The standard InChI is InChI=1S/C19H30N2O3/c1-14-7-8-17(10-16(14)11-20)23-13-15-6-5-9-21(12-15)18(22)24-19(2,3)4/h7-8,10,15H,5-6,9,11-13,20H2,1-4H3. The second kappa shape index (κ2) is 7.88. The maximum absolute atomic E-state index is 12.2. The van der Waals surface area contributed by atoms with Crippen molar-refractivity contribution in [3.63, 3.8) is 0 Å². The van der Waals surface area contributed by atoms with Gasteiger partial charge in [0.25, 0.3) is 0 Å². The molecule has 2 N–H and O–H groups in total. The van der Waals surface area contributed by atoms with Gasteiger partial charge in [-0.05, 0) is 63.8 Å². The minimum Gasteiger partial charge on any atom is -0.493 e. The van der Waals surface area contributed by atoms with E-state index in [0.717, 1.165) is 30.7 Å². The molecular weight excluding hydrogens is 304 g/mol. The van der Waals surface area contributed by atoms with Crippen molar-refractivity contribution in [3.8, 4) is 5.75 Å². The molecule has 1 aromatic rings. The number of nitrogens with zero attached hydrogens (tertiary/aromatic N) is 1. The second-order valence-corrected chi connectivity index (χ2v) is 7.54. The molecule has 0 aliphatic carbocycles. The summed E-state index contributed by atoms with van der Waals surface area (Å²) in [4.78, 5) is 14.0. The average molecular weight is 334 g/mol. The summed E-state index contributed by atoms with van der Waals surface area (Å²) in [6.45, 7) is 10.3. The van der Waals surface area contributed by atoms with Crippen LogP contribution in [0.3, 0.4) is 0 Å². The van der Waals surface area contributed by atoms with Gasteiger partial charge in [-0.25, -0.2) is 4.79 Å². The Labute approximate surface area is 145 Å². The highest BCUT2D eigenvalue weighted by Crippen LogP contribution is 2.22. The molecule has 2 rings (SSSR count). The fourth-order valence-corrected chi connectivity index (χ4v) is 2.87. The molecule has 1 heterocycles. The topological polar surface area (TPSA) is 64.8 Å². The van der Waals surface area contributed by atoms with Crippen LogP contribution in [0.4, 0.5) is 4.79 Å². The van der Waals surface area contributed by atoms with Gasteiger partial charge in [0.15, 0.2) is 0 Å². The van der Waals surface area contributed by atoms with Gasteiger partial charge in [0, 0.05) is 25.6 Å². The first-order chi connectivity index (χ1) is 11.3. The van der Waals surface area contributed by atoms with Crippen LogP contribution in [0.1, 0.15) is 44.7 Å². The number of amides is 1. The van der Waals surface area contributed by atoms with Crippen molar-refractivity contribution in [2.24, 2.45) is 11.7 Å². The lowest BCUT2D eigenvalue weighted by Gasteiger charge is -2.34. The summed E-state index contributed by atoms with van der Waals surface area (Å²) in [6, 6.07) is 6.01. The van der Waals surface area contributed by atoms with Crippen LogP contribution in [0.2, 0.25) is 0 Å². The summed E-state index contributed by atoms with van der Waals surface area (Å²) in [6.07, 6.45) is 1.82. The number of likely N-dealkylation sites (tertiary alicyclic amines) is 1. The number of benzene rings is 1. The van der Waals surface area contributed by atoms with Gasteiger partial charge in [0.2, 0.25) is 0 Å². The van der Waals surface area contributed by atoms with Crippen molar-refractivity contribution in [1.29, 1.82) is 0 Å². The number of carbonyl (C=O) groups excluding carboxylic acids is 1. The molecule has 24 heavy (non-hydrogen) atoms. The summed E-state index contributed by atoms with van der Waals surface area (Å²) < 4.78 is 11.4. The Hall–Kier alpha value is -1.75. The van der Waals surface area contributed by atoms with Crippen molar-refractivity contribution in [3.05, 3.63) is 29.3 Å². The molecular formula is C19H30N2O3. The van der Waals surface area contributed by atoms with E-state index in [-0.39, 0.29) is 6.09 Å². The largest absolute Gasteiger partial charge is 0.493 e. The molecule has 1 saturated heterocycles. The summed E-state index contributed by atoms with van der Waals surface area (Å²) in [5, 5.41) is 0. The number of hydrogen-bond donors (Lipinski definition) is 1. The quantitative estimate of drug-likeness (QED) is 0.915. The molecule has 0 spiro atoms. The highest BCUT2D eigenvalue weighted by atomic mass is 16.6. The molecule has 1 atom stereocenters. The minimum absolute atomic E-state index is 0.229. The second-order valence-electron chi connectivity index (χ2n) is 7.54. The molecule has 0 saturated carbocycles. The Morgan fingerprint density at radius 1 is 1.38 bits per heavy atom. The van der Waals surface area contributed by atoms with Crippen molar-refractivity contribution >= 4 is 6.09 Å². The van der Waals surface area contributed by atoms with E-state index in [0.29, 0.717) is 25.6 Å². The molecule has 0 bridgehead atoms. The van der Waals surface area contributed by atoms with Crippen LogP contribution in [0, 0.1) is 12.8 Å². The lowest BCUT2D eigenvalue weighted by Crippen LogP contribution is -2.44. The van der Waals surface area contributed by atoms with Gasteiger partial charge >= 0.3 is 6.09 Å². The van der Waals surface area contributed by atoms with E-state index in [1.165, 1.54) is 5.56 Å². The first-order valence-corrected chi connectivity index (χ1v) is 8.69. The van der Waals surface area contributed by atoms with E-state index < -0.39 is 5.60 Å². The van der Waals surface area contributed by atoms with E-state index in [9.17, 15) is 4.79 Å². The Bertz CT molecular complexity index is 566. The zero-order chi connectivity index (χ0) is 17.7. The number of carbonyl (C=O) groups is 1. The molecule has 1 aromatic carbocycles. The van der Waals surface area contributed by atoms with Gasteiger partial charge < -0.3 is 20.1 Å². The molecule has 5 nitrogen and oxygen atoms in total. The van der Waals surface area contributed by atoms with Gasteiger partial charge in [0.05, 0.1) is 6.61 Å². The van der Waals surface area contributed by atoms with E-state index in [1.807, 2.05) is 45.9 Å². The Morgan fingerprint density at radius 2 is 2.12 bits per heavy atom. The Balaban J connectivity index is 1.88. The minimum atomic E-state index is -0.457. The summed E-state index contributed by atoms with van der Waals surface area (Å²) in [7, 11) is 0. The Kier molecular flexibility index (Phi) is 6.10. The van der Waals surface area contributed by atoms with Crippen molar-refractivity contribution in [1.82, 2.24) is 4.90 Å². The third kappa shape index (κ3) is 5.41. The zero-order valence-electron chi connectivity index (χ0n) is 15.3. The maximum atomic E-state index is 12.2. The summed E-state index contributed by atoms with van der Waals surface area (Å²) in [5.41, 5.74) is 7.57.